The minimum Gasteiger partial charge on any atom is -0.349 e. The molecule has 1 fully saturated rings. The van der Waals surface area contributed by atoms with Gasteiger partial charge in [-0.15, -0.1) is 0 Å². The van der Waals surface area contributed by atoms with E-state index in [0.717, 1.165) is 19.5 Å². The highest BCUT2D eigenvalue weighted by Gasteiger charge is 2.29. The summed E-state index contributed by atoms with van der Waals surface area (Å²) in [4.78, 5) is 12.2. The van der Waals surface area contributed by atoms with Crippen LogP contribution in [0.15, 0.2) is 30.3 Å². The Balaban J connectivity index is 1.95. The molecule has 3 nitrogen and oxygen atoms in total. The summed E-state index contributed by atoms with van der Waals surface area (Å²) in [5.41, 5.74) is 1.19. The molecule has 0 spiro atoms. The molecule has 98 valence electrons. The van der Waals surface area contributed by atoms with Gasteiger partial charge in [0.2, 0.25) is 5.91 Å². The van der Waals surface area contributed by atoms with Crippen LogP contribution in [0.2, 0.25) is 0 Å². The molecule has 1 aliphatic heterocycles. The molecule has 1 amide bonds. The predicted octanol–water partition coefficient (Wildman–Crippen LogP) is 2.11. The predicted molar refractivity (Wildman–Crippen MR) is 73.1 cm³/mol. The summed E-state index contributed by atoms with van der Waals surface area (Å²) in [7, 11) is 0. The highest BCUT2D eigenvalue weighted by atomic mass is 16.1. The number of rotatable bonds is 5. The molecule has 2 atom stereocenters. The van der Waals surface area contributed by atoms with Crippen molar-refractivity contribution in [2.24, 2.45) is 11.8 Å². The van der Waals surface area contributed by atoms with E-state index in [0.29, 0.717) is 5.92 Å². The van der Waals surface area contributed by atoms with Crippen LogP contribution in [-0.2, 0) is 4.79 Å². The van der Waals surface area contributed by atoms with Crippen molar-refractivity contribution in [3.05, 3.63) is 35.9 Å². The van der Waals surface area contributed by atoms with Gasteiger partial charge < -0.3 is 10.6 Å². The Hall–Kier alpha value is -1.35. The zero-order chi connectivity index (χ0) is 13.0. The maximum atomic E-state index is 12.2. The topological polar surface area (TPSA) is 41.1 Å². The zero-order valence-electron chi connectivity index (χ0n) is 11.1. The third-order valence-corrected chi connectivity index (χ3v) is 3.86. The summed E-state index contributed by atoms with van der Waals surface area (Å²) in [6.07, 6.45) is 0.922. The van der Waals surface area contributed by atoms with Crippen LogP contribution in [0.1, 0.15) is 31.9 Å². The Bertz CT molecular complexity index is 387. The van der Waals surface area contributed by atoms with Crippen LogP contribution in [0, 0.1) is 11.8 Å². The van der Waals surface area contributed by atoms with E-state index in [-0.39, 0.29) is 17.9 Å². The number of hydrogen-bond donors (Lipinski definition) is 2. The van der Waals surface area contributed by atoms with Gasteiger partial charge in [0.15, 0.2) is 0 Å². The molecule has 1 aromatic rings. The monoisotopic (exact) mass is 246 g/mol. The van der Waals surface area contributed by atoms with Gasteiger partial charge in [-0.1, -0.05) is 44.2 Å². The summed E-state index contributed by atoms with van der Waals surface area (Å²) in [6.45, 7) is 6.07. The number of nitrogens with one attached hydrogen (secondary N) is 2. The van der Waals surface area contributed by atoms with Crippen LogP contribution >= 0.6 is 0 Å². The van der Waals surface area contributed by atoms with Gasteiger partial charge in [-0.25, -0.2) is 0 Å². The zero-order valence-corrected chi connectivity index (χ0v) is 11.1. The van der Waals surface area contributed by atoms with Gasteiger partial charge in [0.25, 0.3) is 0 Å². The second-order valence-corrected chi connectivity index (χ2v) is 5.09. The molecule has 0 aromatic heterocycles. The Morgan fingerprint density at radius 2 is 2.06 bits per heavy atom. The molecular weight excluding hydrogens is 224 g/mol. The smallest absolute Gasteiger partial charge is 0.223 e. The minimum atomic E-state index is 0.101. The van der Waals surface area contributed by atoms with E-state index < -0.39 is 0 Å². The highest BCUT2D eigenvalue weighted by Crippen LogP contribution is 2.20. The number of carbonyl (C=O) groups excluding carboxylic acids is 1. The first-order chi connectivity index (χ1) is 8.72. The molecule has 1 aliphatic rings. The molecule has 0 aliphatic carbocycles. The van der Waals surface area contributed by atoms with Gasteiger partial charge in [0.05, 0.1) is 6.04 Å². The lowest BCUT2D eigenvalue weighted by molar-refractivity contribution is -0.127. The first-order valence-electron chi connectivity index (χ1n) is 6.78. The molecule has 18 heavy (non-hydrogen) atoms. The molecule has 0 radical (unpaired) electrons. The van der Waals surface area contributed by atoms with Crippen molar-refractivity contribution in [2.75, 3.05) is 13.1 Å². The van der Waals surface area contributed by atoms with Crippen LogP contribution in [0.25, 0.3) is 0 Å². The molecule has 1 saturated heterocycles. The Labute approximate surface area is 109 Å². The van der Waals surface area contributed by atoms with Gasteiger partial charge >= 0.3 is 0 Å². The van der Waals surface area contributed by atoms with Crippen molar-refractivity contribution in [2.45, 2.75) is 26.3 Å². The lowest BCUT2D eigenvalue weighted by Gasteiger charge is -2.32. The lowest BCUT2D eigenvalue weighted by Crippen LogP contribution is -2.50. The third-order valence-electron chi connectivity index (χ3n) is 3.86. The van der Waals surface area contributed by atoms with Crippen molar-refractivity contribution < 1.29 is 4.79 Å². The van der Waals surface area contributed by atoms with Crippen molar-refractivity contribution in [3.8, 4) is 0 Å². The molecule has 2 rings (SSSR count). The Morgan fingerprint density at radius 3 is 2.56 bits per heavy atom. The van der Waals surface area contributed by atoms with Gasteiger partial charge in [-0.05, 0) is 31.0 Å². The van der Waals surface area contributed by atoms with Gasteiger partial charge in [-0.3, -0.25) is 4.79 Å². The standard InChI is InChI=1S/C15H22N2O/c1-3-14(12-7-5-4-6-8-12)17-15(18)11(2)13-9-16-10-13/h4-8,11,13-14,16H,3,9-10H2,1-2H3,(H,17,18). The van der Waals surface area contributed by atoms with Gasteiger partial charge in [-0.2, -0.15) is 0 Å². The fourth-order valence-electron chi connectivity index (χ4n) is 2.29. The second kappa shape index (κ2) is 6.01. The molecule has 0 bridgehead atoms. The van der Waals surface area contributed by atoms with E-state index in [4.69, 9.17) is 0 Å². The van der Waals surface area contributed by atoms with Crippen molar-refractivity contribution >= 4 is 5.91 Å². The van der Waals surface area contributed by atoms with Crippen LogP contribution < -0.4 is 10.6 Å². The summed E-state index contributed by atoms with van der Waals surface area (Å²) in [6, 6.07) is 10.3. The largest absolute Gasteiger partial charge is 0.349 e. The van der Waals surface area contributed by atoms with Crippen molar-refractivity contribution in [3.63, 3.8) is 0 Å². The normalized spacial score (nSPS) is 18.8. The quantitative estimate of drug-likeness (QED) is 0.835. The number of benzene rings is 1. The van der Waals surface area contributed by atoms with E-state index in [2.05, 4.69) is 29.7 Å². The summed E-state index contributed by atoms with van der Waals surface area (Å²) >= 11 is 0. The summed E-state index contributed by atoms with van der Waals surface area (Å²) in [5.74, 6) is 0.777. The molecule has 1 aromatic carbocycles. The van der Waals surface area contributed by atoms with Crippen molar-refractivity contribution in [1.82, 2.24) is 10.6 Å². The minimum absolute atomic E-state index is 0.101. The third kappa shape index (κ3) is 2.91. The van der Waals surface area contributed by atoms with E-state index in [1.165, 1.54) is 5.56 Å². The Morgan fingerprint density at radius 1 is 1.39 bits per heavy atom. The molecule has 3 heteroatoms. The average Bonchev–Trinajstić information content (AvgIpc) is 2.34. The fourth-order valence-corrected chi connectivity index (χ4v) is 2.29. The molecule has 2 N–H and O–H groups in total. The highest BCUT2D eigenvalue weighted by molar-refractivity contribution is 5.79. The molecular formula is C15H22N2O. The summed E-state index contributed by atoms with van der Waals surface area (Å²) < 4.78 is 0. The molecule has 2 unspecified atom stereocenters. The van der Waals surface area contributed by atoms with E-state index in [1.54, 1.807) is 0 Å². The average molecular weight is 246 g/mol. The Kier molecular flexibility index (Phi) is 4.37. The van der Waals surface area contributed by atoms with E-state index >= 15 is 0 Å². The number of carbonyl (C=O) groups is 1. The van der Waals surface area contributed by atoms with Gasteiger partial charge in [0, 0.05) is 5.92 Å². The second-order valence-electron chi connectivity index (χ2n) is 5.09. The maximum Gasteiger partial charge on any atom is 0.223 e. The molecule has 1 heterocycles. The first kappa shape index (κ1) is 13.1. The van der Waals surface area contributed by atoms with Crippen molar-refractivity contribution in [1.29, 1.82) is 0 Å². The number of hydrogen-bond acceptors (Lipinski definition) is 2. The maximum absolute atomic E-state index is 12.2. The lowest BCUT2D eigenvalue weighted by atomic mass is 9.88. The SMILES string of the molecule is CCC(NC(=O)C(C)C1CNC1)c1ccccc1. The first-order valence-corrected chi connectivity index (χ1v) is 6.78. The van der Waals surface area contributed by atoms with E-state index in [9.17, 15) is 4.79 Å². The van der Waals surface area contributed by atoms with Crippen LogP contribution in [-0.4, -0.2) is 19.0 Å². The van der Waals surface area contributed by atoms with Gasteiger partial charge in [0.1, 0.15) is 0 Å². The fraction of sp³-hybridized carbons (Fsp3) is 0.533. The molecule has 0 saturated carbocycles. The summed E-state index contributed by atoms with van der Waals surface area (Å²) in [5, 5.41) is 6.38. The van der Waals surface area contributed by atoms with Crippen LogP contribution in [0.3, 0.4) is 0 Å². The number of amides is 1. The van der Waals surface area contributed by atoms with Crippen LogP contribution in [0.4, 0.5) is 0 Å². The van der Waals surface area contributed by atoms with Crippen LogP contribution in [0.5, 0.6) is 0 Å². The van der Waals surface area contributed by atoms with E-state index in [1.807, 2.05) is 25.1 Å².